The van der Waals surface area contributed by atoms with Gasteiger partial charge in [-0.1, -0.05) is 36.4 Å². The summed E-state index contributed by atoms with van der Waals surface area (Å²) in [5, 5.41) is 2.07. The Morgan fingerprint density at radius 1 is 0.971 bits per heavy atom. The third-order valence-corrected chi connectivity index (χ3v) is 5.59. The van der Waals surface area contributed by atoms with Crippen LogP contribution in [0.5, 0.6) is 0 Å². The van der Waals surface area contributed by atoms with E-state index in [-0.39, 0.29) is 37.1 Å². The molecule has 0 saturated carbocycles. The Balaban J connectivity index is 1.49. The third kappa shape index (κ3) is 5.03. The summed E-state index contributed by atoms with van der Waals surface area (Å²) in [5.41, 5.74) is 1.05. The molecule has 2 aromatic carbocycles. The SMILES string of the molecule is COC(=O)NC(=O)/N=C(\c1ccccc1)N1CCN(C(=O)C(=O)c2c[nH]c3cccc(F)c23)CC1. The van der Waals surface area contributed by atoms with Crippen LogP contribution in [0.15, 0.2) is 59.7 Å². The van der Waals surface area contributed by atoms with Gasteiger partial charge in [0.25, 0.3) is 11.7 Å². The maximum atomic E-state index is 14.3. The molecule has 10 nitrogen and oxygen atoms in total. The lowest BCUT2D eigenvalue weighted by Gasteiger charge is -2.36. The average Bonchev–Trinajstić information content (AvgIpc) is 3.32. The van der Waals surface area contributed by atoms with E-state index in [4.69, 9.17) is 0 Å². The van der Waals surface area contributed by atoms with E-state index in [0.29, 0.717) is 16.9 Å². The van der Waals surface area contributed by atoms with Crippen LogP contribution >= 0.6 is 0 Å². The Kier molecular flexibility index (Phi) is 6.86. The minimum Gasteiger partial charge on any atom is -0.453 e. The van der Waals surface area contributed by atoms with E-state index in [9.17, 15) is 23.6 Å². The zero-order valence-corrected chi connectivity index (χ0v) is 18.8. The number of aliphatic imine (C=N–C) groups is 1. The molecule has 35 heavy (non-hydrogen) atoms. The molecule has 1 aliphatic heterocycles. The van der Waals surface area contributed by atoms with Crippen LogP contribution in [0.1, 0.15) is 15.9 Å². The number of fused-ring (bicyclic) bond motifs is 1. The number of amidine groups is 1. The lowest BCUT2D eigenvalue weighted by molar-refractivity contribution is -0.127. The van der Waals surface area contributed by atoms with Crippen molar-refractivity contribution in [3.63, 3.8) is 0 Å². The number of amides is 4. The number of rotatable bonds is 3. The number of methoxy groups -OCH3 is 1. The first kappa shape index (κ1) is 23.6. The van der Waals surface area contributed by atoms with Gasteiger partial charge in [-0.3, -0.25) is 9.59 Å². The molecular formula is C24H22FN5O5. The molecule has 0 radical (unpaired) electrons. The van der Waals surface area contributed by atoms with Gasteiger partial charge in [-0.25, -0.2) is 19.3 Å². The van der Waals surface area contributed by atoms with Crippen molar-refractivity contribution in [2.24, 2.45) is 4.99 Å². The molecule has 1 saturated heterocycles. The summed E-state index contributed by atoms with van der Waals surface area (Å²) >= 11 is 0. The number of carbonyl (C=O) groups excluding carboxylic acids is 4. The van der Waals surface area contributed by atoms with Crippen LogP contribution in [0.4, 0.5) is 14.0 Å². The molecule has 1 aromatic heterocycles. The van der Waals surface area contributed by atoms with Gasteiger partial charge in [0.2, 0.25) is 0 Å². The topological polar surface area (TPSA) is 124 Å². The number of carbonyl (C=O) groups is 4. The van der Waals surface area contributed by atoms with Crippen molar-refractivity contribution in [1.29, 1.82) is 0 Å². The number of ketones is 1. The number of ether oxygens (including phenoxy) is 1. The molecule has 0 bridgehead atoms. The largest absolute Gasteiger partial charge is 0.453 e. The Labute approximate surface area is 199 Å². The number of urea groups is 1. The van der Waals surface area contributed by atoms with Gasteiger partial charge < -0.3 is 19.5 Å². The fraction of sp³-hybridized carbons (Fsp3) is 0.208. The minimum atomic E-state index is -0.936. The lowest BCUT2D eigenvalue weighted by atomic mass is 10.1. The zero-order valence-electron chi connectivity index (χ0n) is 18.8. The van der Waals surface area contributed by atoms with Crippen LogP contribution in [-0.2, 0) is 9.53 Å². The summed E-state index contributed by atoms with van der Waals surface area (Å²) in [4.78, 5) is 59.3. The van der Waals surface area contributed by atoms with Crippen molar-refractivity contribution in [1.82, 2.24) is 20.1 Å². The first-order chi connectivity index (χ1) is 16.9. The van der Waals surface area contributed by atoms with Crippen molar-refractivity contribution in [2.75, 3.05) is 33.3 Å². The van der Waals surface area contributed by atoms with Gasteiger partial charge in [-0.05, 0) is 12.1 Å². The number of imide groups is 1. The molecule has 0 atom stereocenters. The molecular weight excluding hydrogens is 457 g/mol. The second-order valence-corrected chi connectivity index (χ2v) is 7.70. The van der Waals surface area contributed by atoms with Gasteiger partial charge in [0.05, 0.1) is 12.7 Å². The minimum absolute atomic E-state index is 0.0171. The predicted molar refractivity (Wildman–Crippen MR) is 125 cm³/mol. The van der Waals surface area contributed by atoms with E-state index >= 15 is 0 Å². The summed E-state index contributed by atoms with van der Waals surface area (Å²) in [6, 6.07) is 12.4. The molecule has 2 heterocycles. The fourth-order valence-corrected chi connectivity index (χ4v) is 3.87. The fourth-order valence-electron chi connectivity index (χ4n) is 3.87. The van der Waals surface area contributed by atoms with Crippen LogP contribution in [0.25, 0.3) is 10.9 Å². The molecule has 4 amide bonds. The highest BCUT2D eigenvalue weighted by Crippen LogP contribution is 2.23. The van der Waals surface area contributed by atoms with Crippen molar-refractivity contribution >= 4 is 40.6 Å². The average molecular weight is 479 g/mol. The number of nitrogens with zero attached hydrogens (tertiary/aromatic N) is 3. The van der Waals surface area contributed by atoms with E-state index in [1.165, 1.54) is 23.2 Å². The molecule has 180 valence electrons. The Morgan fingerprint density at radius 3 is 2.34 bits per heavy atom. The van der Waals surface area contributed by atoms with Crippen molar-refractivity contribution in [3.8, 4) is 0 Å². The number of halogens is 1. The van der Waals surface area contributed by atoms with Crippen molar-refractivity contribution in [3.05, 3.63) is 71.7 Å². The van der Waals surface area contributed by atoms with E-state index in [2.05, 4.69) is 14.7 Å². The predicted octanol–water partition coefficient (Wildman–Crippen LogP) is 2.56. The van der Waals surface area contributed by atoms with Crippen LogP contribution in [0.3, 0.4) is 0 Å². The first-order valence-corrected chi connectivity index (χ1v) is 10.8. The van der Waals surface area contributed by atoms with E-state index < -0.39 is 29.6 Å². The van der Waals surface area contributed by atoms with Gasteiger partial charge in [0.15, 0.2) is 0 Å². The number of Topliss-reactive ketones (excluding diaryl/α,β-unsaturated/α-hetero) is 1. The monoisotopic (exact) mass is 479 g/mol. The number of hydrogen-bond acceptors (Lipinski definition) is 5. The maximum absolute atomic E-state index is 14.3. The van der Waals surface area contributed by atoms with Crippen LogP contribution in [-0.4, -0.2) is 77.7 Å². The quantitative estimate of drug-likeness (QED) is 0.258. The zero-order chi connectivity index (χ0) is 24.9. The molecule has 0 unspecified atom stereocenters. The molecule has 0 aliphatic carbocycles. The molecule has 11 heteroatoms. The normalized spacial score (nSPS) is 14.1. The van der Waals surface area contributed by atoms with Gasteiger partial charge >= 0.3 is 12.1 Å². The molecule has 2 N–H and O–H groups in total. The van der Waals surface area contributed by atoms with Crippen LogP contribution < -0.4 is 5.32 Å². The Bertz CT molecular complexity index is 1310. The number of H-pyrrole nitrogens is 1. The van der Waals surface area contributed by atoms with E-state index in [0.717, 1.165) is 7.11 Å². The van der Waals surface area contributed by atoms with Gasteiger partial charge in [-0.15, -0.1) is 0 Å². The Morgan fingerprint density at radius 2 is 1.66 bits per heavy atom. The van der Waals surface area contributed by atoms with Crippen LogP contribution in [0, 0.1) is 5.82 Å². The molecule has 3 aromatic rings. The third-order valence-electron chi connectivity index (χ3n) is 5.59. The number of nitrogens with one attached hydrogen (secondary N) is 2. The van der Waals surface area contributed by atoms with Crippen LogP contribution in [0.2, 0.25) is 0 Å². The second-order valence-electron chi connectivity index (χ2n) is 7.70. The second kappa shape index (κ2) is 10.2. The highest BCUT2D eigenvalue weighted by Gasteiger charge is 2.30. The Hall–Kier alpha value is -4.54. The van der Waals surface area contributed by atoms with E-state index in [1.807, 2.05) is 11.4 Å². The summed E-state index contributed by atoms with van der Waals surface area (Å²) in [6.45, 7) is 0.917. The van der Waals surface area contributed by atoms with Crippen molar-refractivity contribution < 1.29 is 28.3 Å². The van der Waals surface area contributed by atoms with Gasteiger partial charge in [-0.2, -0.15) is 4.99 Å². The number of piperazine rings is 1. The molecule has 4 rings (SSSR count). The first-order valence-electron chi connectivity index (χ1n) is 10.8. The number of benzene rings is 2. The summed E-state index contributed by atoms with van der Waals surface area (Å²) < 4.78 is 18.7. The number of hydrogen-bond donors (Lipinski definition) is 2. The molecule has 1 fully saturated rings. The number of aromatic nitrogens is 1. The smallest absolute Gasteiger partial charge is 0.415 e. The highest BCUT2D eigenvalue weighted by molar-refractivity contribution is 6.44. The molecule has 0 spiro atoms. The van der Waals surface area contributed by atoms with Crippen molar-refractivity contribution in [2.45, 2.75) is 0 Å². The van der Waals surface area contributed by atoms with E-state index in [1.54, 1.807) is 35.2 Å². The summed E-state index contributed by atoms with van der Waals surface area (Å²) in [6.07, 6.45) is 0.401. The summed E-state index contributed by atoms with van der Waals surface area (Å²) in [7, 11) is 1.13. The number of aromatic amines is 1. The maximum Gasteiger partial charge on any atom is 0.415 e. The highest BCUT2D eigenvalue weighted by atomic mass is 19.1. The van der Waals surface area contributed by atoms with Gasteiger partial charge in [0.1, 0.15) is 11.7 Å². The molecule has 1 aliphatic rings. The standard InChI is InChI=1S/C24H22FN5O5/c1-35-24(34)28-23(33)27-21(15-6-3-2-4-7-15)29-10-12-30(13-11-29)22(32)20(31)16-14-26-18-9-5-8-17(25)19(16)18/h2-9,14,26H,10-13H2,1H3,(H,28,33,34)/b27-21+. The number of alkyl carbamates (subject to hydrolysis) is 1. The van der Waals surface area contributed by atoms with Gasteiger partial charge in [0, 0.05) is 48.8 Å². The summed E-state index contributed by atoms with van der Waals surface area (Å²) in [5.74, 6) is -1.82. The lowest BCUT2D eigenvalue weighted by Crippen LogP contribution is -2.52.